The number of ether oxygens (including phenoxy) is 1. The second-order valence-electron chi connectivity index (χ2n) is 13.8. The predicted molar refractivity (Wildman–Crippen MR) is 169 cm³/mol. The summed E-state index contributed by atoms with van der Waals surface area (Å²) in [7, 11) is 0. The number of nitriles is 1. The first kappa shape index (κ1) is 34.0. The van der Waals surface area contributed by atoms with Gasteiger partial charge >= 0.3 is 5.97 Å². The van der Waals surface area contributed by atoms with Crippen molar-refractivity contribution in [1.82, 2.24) is 5.32 Å². The van der Waals surface area contributed by atoms with Gasteiger partial charge in [-0.25, -0.2) is 8.78 Å². The summed E-state index contributed by atoms with van der Waals surface area (Å²) in [5, 5.41) is 14.5. The van der Waals surface area contributed by atoms with Crippen molar-refractivity contribution >= 4 is 40.3 Å². The minimum atomic E-state index is -1.72. The maximum absolute atomic E-state index is 16.0. The van der Waals surface area contributed by atoms with Gasteiger partial charge in [-0.15, -0.1) is 0 Å². The molecule has 0 spiro atoms. The van der Waals surface area contributed by atoms with Gasteiger partial charge in [0.25, 0.3) is 0 Å². The van der Waals surface area contributed by atoms with E-state index in [1.165, 1.54) is 24.3 Å². The Hall–Kier alpha value is -1.89. The molecule has 1 aliphatic carbocycles. The van der Waals surface area contributed by atoms with Crippen molar-refractivity contribution in [3.63, 3.8) is 0 Å². The topological polar surface area (TPSA) is 71.3 Å². The Morgan fingerprint density at radius 3 is 2.35 bits per heavy atom. The second-order valence-corrected chi connectivity index (χ2v) is 17.1. The Morgan fingerprint density at radius 1 is 1.14 bits per heavy atom. The van der Waals surface area contributed by atoms with Crippen molar-refractivity contribution in [3.05, 3.63) is 69.2 Å². The van der Waals surface area contributed by atoms with Crippen LogP contribution in [0.15, 0.2) is 36.4 Å². The molecule has 234 valence electrons. The van der Waals surface area contributed by atoms with Crippen LogP contribution in [-0.4, -0.2) is 41.3 Å². The SMILES string of the molecule is C[S+](OCC1(C[C@@H]2N[C@@H](C(=O)OC(C)(C)C)[C@H](c3cccc(Cl)c3F)[C@@]2(C#N)c2ccc(Cl)cc2F)CCC1)C(C)(C)C. The van der Waals surface area contributed by atoms with Crippen molar-refractivity contribution < 1.29 is 22.5 Å². The summed E-state index contributed by atoms with van der Waals surface area (Å²) in [6, 6.07) is 9.07. The van der Waals surface area contributed by atoms with E-state index < -0.39 is 46.6 Å². The Balaban J connectivity index is 1.91. The van der Waals surface area contributed by atoms with Crippen LogP contribution in [0.25, 0.3) is 0 Å². The van der Waals surface area contributed by atoms with Crippen LogP contribution in [0.2, 0.25) is 10.0 Å². The van der Waals surface area contributed by atoms with Gasteiger partial charge in [-0.2, -0.15) is 9.44 Å². The average Bonchev–Trinajstić information content (AvgIpc) is 3.19. The lowest BCUT2D eigenvalue weighted by Gasteiger charge is -2.45. The first-order valence-electron chi connectivity index (χ1n) is 14.5. The van der Waals surface area contributed by atoms with E-state index in [1.807, 2.05) is 0 Å². The third-order valence-corrected chi connectivity index (χ3v) is 11.5. The molecule has 4 rings (SSSR count). The average molecular weight is 655 g/mol. The number of rotatable bonds is 8. The molecule has 0 bridgehead atoms. The highest BCUT2D eigenvalue weighted by molar-refractivity contribution is 7.93. The third kappa shape index (κ3) is 6.87. The molecule has 1 N–H and O–H groups in total. The van der Waals surface area contributed by atoms with Gasteiger partial charge in [0.1, 0.15) is 52.7 Å². The summed E-state index contributed by atoms with van der Waals surface area (Å²) in [6.07, 6.45) is 5.16. The van der Waals surface area contributed by atoms with Gasteiger partial charge in [-0.1, -0.05) is 47.8 Å². The number of benzene rings is 2. The number of carbonyl (C=O) groups is 1. The maximum Gasteiger partial charge on any atom is 0.324 e. The zero-order valence-corrected chi connectivity index (χ0v) is 28.2. The second kappa shape index (κ2) is 12.5. The van der Waals surface area contributed by atoms with Gasteiger partial charge in [-0.05, 0) is 84.6 Å². The molecule has 0 radical (unpaired) electrons. The van der Waals surface area contributed by atoms with Crippen LogP contribution in [0.3, 0.4) is 0 Å². The maximum atomic E-state index is 16.0. The van der Waals surface area contributed by atoms with Gasteiger partial charge in [-0.3, -0.25) is 10.1 Å². The molecule has 1 saturated heterocycles. The lowest BCUT2D eigenvalue weighted by atomic mass is 9.59. The van der Waals surface area contributed by atoms with Crippen molar-refractivity contribution in [2.75, 3.05) is 12.9 Å². The fourth-order valence-corrected chi connectivity index (χ4v) is 7.32. The molecule has 0 aromatic heterocycles. The summed E-state index contributed by atoms with van der Waals surface area (Å²) in [6.45, 7) is 12.0. The predicted octanol–water partition coefficient (Wildman–Crippen LogP) is 8.04. The summed E-state index contributed by atoms with van der Waals surface area (Å²) in [5.41, 5.74) is -2.82. The molecule has 1 unspecified atom stereocenters. The molecular weight excluding hydrogens is 613 g/mol. The highest BCUT2D eigenvalue weighted by atomic mass is 35.5. The van der Waals surface area contributed by atoms with E-state index in [2.05, 4.69) is 38.4 Å². The highest BCUT2D eigenvalue weighted by Crippen LogP contribution is 2.56. The first-order valence-corrected chi connectivity index (χ1v) is 16.8. The Bertz CT molecular complexity index is 1400. The van der Waals surface area contributed by atoms with Crippen molar-refractivity contribution in [2.45, 2.75) is 101 Å². The molecule has 1 heterocycles. The number of carbonyl (C=O) groups excluding carboxylic acids is 1. The molecule has 2 aromatic carbocycles. The highest BCUT2D eigenvalue weighted by Gasteiger charge is 2.63. The molecule has 10 heteroatoms. The van der Waals surface area contributed by atoms with Gasteiger partial charge in [0.15, 0.2) is 4.75 Å². The zero-order chi connectivity index (χ0) is 32.0. The summed E-state index contributed by atoms with van der Waals surface area (Å²) in [5.74, 6) is -3.30. The Kier molecular flexibility index (Phi) is 9.87. The summed E-state index contributed by atoms with van der Waals surface area (Å²) in [4.78, 5) is 13.8. The number of halogens is 4. The third-order valence-electron chi connectivity index (χ3n) is 8.75. The number of hydrogen-bond donors (Lipinski definition) is 1. The number of nitrogens with zero attached hydrogens (tertiary/aromatic N) is 1. The van der Waals surface area contributed by atoms with Gasteiger partial charge in [0.05, 0.1) is 11.1 Å². The standard InChI is InChI=1S/C33H41Cl2F2N2O3S/c1-30(2,3)42-29(40)28-26(21-10-8-11-23(35)27(21)37)33(18-38,22-13-12-20(34)16-24(22)36)25(39-28)17-32(14-9-15-32)19-41-43(7)31(4,5)6/h8,10-13,16,25-26,28,39H,9,14-15,17,19H2,1-7H3/q+1/t25-,26-,28+,33-,43?/m0/s1. The largest absolute Gasteiger partial charge is 0.459 e. The van der Waals surface area contributed by atoms with Crippen LogP contribution in [0, 0.1) is 28.4 Å². The quantitative estimate of drug-likeness (QED) is 0.231. The fraction of sp³-hybridized carbons (Fsp3) is 0.576. The van der Waals surface area contributed by atoms with Gasteiger partial charge in [0.2, 0.25) is 0 Å². The van der Waals surface area contributed by atoms with Crippen LogP contribution in [0.1, 0.15) is 84.3 Å². The van der Waals surface area contributed by atoms with Crippen molar-refractivity contribution in [1.29, 1.82) is 5.26 Å². The molecule has 2 aromatic rings. The van der Waals surface area contributed by atoms with Crippen LogP contribution < -0.4 is 5.32 Å². The lowest BCUT2D eigenvalue weighted by molar-refractivity contribution is -0.157. The van der Waals surface area contributed by atoms with Crippen molar-refractivity contribution in [3.8, 4) is 6.07 Å². The van der Waals surface area contributed by atoms with Gasteiger partial charge in [0, 0.05) is 28.0 Å². The molecular formula is C33H41Cl2F2N2O3S+. The smallest absolute Gasteiger partial charge is 0.324 e. The number of esters is 1. The Morgan fingerprint density at radius 2 is 1.81 bits per heavy atom. The summed E-state index contributed by atoms with van der Waals surface area (Å²) >= 11 is 12.0. The Labute approximate surface area is 267 Å². The molecule has 5 atom stereocenters. The van der Waals surface area contributed by atoms with Crippen LogP contribution in [-0.2, 0) is 30.3 Å². The van der Waals surface area contributed by atoms with Crippen LogP contribution in [0.5, 0.6) is 0 Å². The monoisotopic (exact) mass is 653 g/mol. The number of hydrogen-bond acceptors (Lipinski definition) is 5. The molecule has 1 aliphatic heterocycles. The van der Waals surface area contributed by atoms with E-state index in [0.717, 1.165) is 25.3 Å². The lowest BCUT2D eigenvalue weighted by Crippen LogP contribution is -2.49. The minimum absolute atomic E-state index is 0.0349. The molecule has 43 heavy (non-hydrogen) atoms. The van der Waals surface area contributed by atoms with Crippen LogP contribution in [0.4, 0.5) is 8.78 Å². The zero-order valence-electron chi connectivity index (χ0n) is 25.8. The molecule has 5 nitrogen and oxygen atoms in total. The van der Waals surface area contributed by atoms with Gasteiger partial charge < -0.3 is 4.74 Å². The van der Waals surface area contributed by atoms with E-state index in [4.69, 9.17) is 32.1 Å². The minimum Gasteiger partial charge on any atom is -0.459 e. The van der Waals surface area contributed by atoms with Crippen LogP contribution >= 0.6 is 23.2 Å². The van der Waals surface area contributed by atoms with E-state index in [0.29, 0.717) is 13.0 Å². The normalized spacial score (nSPS) is 26.0. The molecule has 1 saturated carbocycles. The van der Waals surface area contributed by atoms with E-state index in [9.17, 15) is 10.1 Å². The van der Waals surface area contributed by atoms with E-state index >= 15 is 8.78 Å². The molecule has 2 fully saturated rings. The van der Waals surface area contributed by atoms with Crippen molar-refractivity contribution in [2.24, 2.45) is 5.41 Å². The number of nitrogens with one attached hydrogen (secondary N) is 1. The molecule has 2 aliphatic rings. The fourth-order valence-electron chi connectivity index (χ4n) is 6.19. The molecule has 0 amide bonds. The van der Waals surface area contributed by atoms with E-state index in [1.54, 1.807) is 26.8 Å². The van der Waals surface area contributed by atoms with E-state index in [-0.39, 0.29) is 42.5 Å². The summed E-state index contributed by atoms with van der Waals surface area (Å²) < 4.78 is 44.0. The first-order chi connectivity index (χ1) is 19.9.